The van der Waals surface area contributed by atoms with Crippen molar-refractivity contribution in [3.63, 3.8) is 0 Å². The lowest BCUT2D eigenvalue weighted by Crippen LogP contribution is -2.00. The Hall–Kier alpha value is -1.54. The molecule has 3 rings (SSSR count). The van der Waals surface area contributed by atoms with Crippen LogP contribution in [0.4, 0.5) is 0 Å². The molecular formula is C15H8BrCl2N3. The predicted molar refractivity (Wildman–Crippen MR) is 88.1 cm³/mol. The fourth-order valence-electron chi connectivity index (χ4n) is 2.26. The molecule has 21 heavy (non-hydrogen) atoms. The van der Waals surface area contributed by atoms with E-state index in [0.717, 1.165) is 15.7 Å². The van der Waals surface area contributed by atoms with Crippen LogP contribution in [-0.2, 0) is 5.88 Å². The minimum Gasteiger partial charge on any atom is -0.294 e. The van der Waals surface area contributed by atoms with E-state index in [1.807, 2.05) is 34.9 Å². The number of fused-ring (bicyclic) bond motifs is 1. The maximum Gasteiger partial charge on any atom is 0.129 e. The second kappa shape index (κ2) is 5.69. The summed E-state index contributed by atoms with van der Waals surface area (Å²) in [6.45, 7) is 0. The molecule has 1 aromatic heterocycles. The zero-order valence-electron chi connectivity index (χ0n) is 10.6. The molecule has 0 N–H and O–H groups in total. The lowest BCUT2D eigenvalue weighted by Gasteiger charge is -2.10. The van der Waals surface area contributed by atoms with Crippen molar-refractivity contribution < 1.29 is 0 Å². The van der Waals surface area contributed by atoms with Crippen LogP contribution in [0.3, 0.4) is 0 Å². The predicted octanol–water partition coefficient (Wildman–Crippen LogP) is 5.05. The number of alkyl halides is 1. The van der Waals surface area contributed by atoms with Gasteiger partial charge in [-0.15, -0.1) is 11.6 Å². The molecule has 2 aromatic carbocycles. The van der Waals surface area contributed by atoms with E-state index in [4.69, 9.17) is 23.2 Å². The number of rotatable bonds is 2. The maximum absolute atomic E-state index is 9.21. The Bertz CT molecular complexity index is 880. The van der Waals surface area contributed by atoms with E-state index >= 15 is 0 Å². The lowest BCUT2D eigenvalue weighted by molar-refractivity contribution is 0.981. The number of halogens is 3. The maximum atomic E-state index is 9.21. The van der Waals surface area contributed by atoms with Gasteiger partial charge in [0.1, 0.15) is 17.4 Å². The van der Waals surface area contributed by atoms with E-state index < -0.39 is 0 Å². The number of hydrogen-bond donors (Lipinski definition) is 0. The molecular weight excluding hydrogens is 373 g/mol. The van der Waals surface area contributed by atoms with Crippen LogP contribution in [0.2, 0.25) is 5.02 Å². The highest BCUT2D eigenvalue weighted by Gasteiger charge is 2.16. The normalized spacial score (nSPS) is 10.8. The van der Waals surface area contributed by atoms with Crippen molar-refractivity contribution >= 4 is 50.2 Å². The molecule has 0 unspecified atom stereocenters. The first kappa shape index (κ1) is 14.4. The quantitative estimate of drug-likeness (QED) is 0.583. The Morgan fingerprint density at radius 1 is 1.29 bits per heavy atom. The Kier molecular flexibility index (Phi) is 3.90. The molecule has 0 atom stereocenters. The van der Waals surface area contributed by atoms with Crippen LogP contribution in [-0.4, -0.2) is 9.55 Å². The molecule has 104 valence electrons. The third-order valence-corrected chi connectivity index (χ3v) is 4.18. The Morgan fingerprint density at radius 2 is 2.10 bits per heavy atom. The minimum atomic E-state index is 0.228. The molecule has 0 spiro atoms. The number of nitrogens with zero attached hydrogens (tertiary/aromatic N) is 3. The van der Waals surface area contributed by atoms with E-state index in [1.165, 1.54) is 0 Å². The molecule has 0 aliphatic rings. The summed E-state index contributed by atoms with van der Waals surface area (Å²) >= 11 is 15.7. The van der Waals surface area contributed by atoms with E-state index in [0.29, 0.717) is 21.9 Å². The van der Waals surface area contributed by atoms with Crippen LogP contribution in [0.1, 0.15) is 11.4 Å². The average Bonchev–Trinajstić information content (AvgIpc) is 2.85. The number of imidazole rings is 1. The number of para-hydroxylation sites is 1. The standard InChI is InChI=1S/C15H8BrCl2N3/c16-10-4-5-12(11(18)6-10)21-13-3-1-2-9(8-19)15(13)20-14(21)7-17/h1-6H,7H2. The monoisotopic (exact) mass is 379 g/mol. The summed E-state index contributed by atoms with van der Waals surface area (Å²) in [6, 6.07) is 13.2. The van der Waals surface area contributed by atoms with Gasteiger partial charge in [-0.25, -0.2) is 4.98 Å². The number of benzene rings is 2. The highest BCUT2D eigenvalue weighted by molar-refractivity contribution is 9.10. The topological polar surface area (TPSA) is 41.6 Å². The van der Waals surface area contributed by atoms with Gasteiger partial charge in [0.2, 0.25) is 0 Å². The Balaban J connectivity index is 2.39. The molecule has 6 heteroatoms. The lowest BCUT2D eigenvalue weighted by atomic mass is 10.2. The zero-order chi connectivity index (χ0) is 15.0. The molecule has 1 heterocycles. The van der Waals surface area contributed by atoms with Crippen molar-refractivity contribution in [1.29, 1.82) is 5.26 Å². The first-order valence-corrected chi connectivity index (χ1v) is 7.78. The van der Waals surface area contributed by atoms with Crippen molar-refractivity contribution in [2.45, 2.75) is 5.88 Å². The van der Waals surface area contributed by atoms with Crippen LogP contribution >= 0.6 is 39.1 Å². The molecule has 0 bridgehead atoms. The van der Waals surface area contributed by atoms with E-state index in [2.05, 4.69) is 27.0 Å². The zero-order valence-corrected chi connectivity index (χ0v) is 13.7. The van der Waals surface area contributed by atoms with Crippen molar-refractivity contribution in [1.82, 2.24) is 9.55 Å². The minimum absolute atomic E-state index is 0.228. The van der Waals surface area contributed by atoms with Gasteiger partial charge in [-0.3, -0.25) is 4.57 Å². The summed E-state index contributed by atoms with van der Waals surface area (Å²) in [7, 11) is 0. The third kappa shape index (κ3) is 2.42. The van der Waals surface area contributed by atoms with Crippen molar-refractivity contribution in [3.05, 3.63) is 57.3 Å². The summed E-state index contributed by atoms with van der Waals surface area (Å²) in [4.78, 5) is 4.48. The fraction of sp³-hybridized carbons (Fsp3) is 0.0667. The Labute approximate surface area is 139 Å². The van der Waals surface area contributed by atoms with E-state index in [9.17, 15) is 5.26 Å². The van der Waals surface area contributed by atoms with Crippen LogP contribution in [0.25, 0.3) is 16.7 Å². The van der Waals surface area contributed by atoms with Gasteiger partial charge in [-0.05, 0) is 30.3 Å². The molecule has 0 aliphatic heterocycles. The van der Waals surface area contributed by atoms with Gasteiger partial charge in [0.15, 0.2) is 0 Å². The molecule has 0 radical (unpaired) electrons. The van der Waals surface area contributed by atoms with Gasteiger partial charge in [0, 0.05) is 4.47 Å². The first-order chi connectivity index (χ1) is 10.2. The highest BCUT2D eigenvalue weighted by Crippen LogP contribution is 2.30. The van der Waals surface area contributed by atoms with Crippen LogP contribution in [0.15, 0.2) is 40.9 Å². The van der Waals surface area contributed by atoms with Crippen LogP contribution in [0, 0.1) is 11.3 Å². The molecule has 0 saturated carbocycles. The SMILES string of the molecule is N#Cc1cccc2c1nc(CCl)n2-c1ccc(Br)cc1Cl. The molecule has 0 aliphatic carbocycles. The average molecular weight is 381 g/mol. The van der Waals surface area contributed by atoms with Gasteiger partial charge < -0.3 is 0 Å². The summed E-state index contributed by atoms with van der Waals surface area (Å²) in [5, 5.41) is 9.79. The molecule has 3 nitrogen and oxygen atoms in total. The second-order valence-corrected chi connectivity index (χ2v) is 5.97. The summed E-state index contributed by atoms with van der Waals surface area (Å²) in [5.41, 5.74) is 2.75. The van der Waals surface area contributed by atoms with Gasteiger partial charge in [0.05, 0.1) is 27.7 Å². The molecule has 0 amide bonds. The van der Waals surface area contributed by atoms with E-state index in [1.54, 1.807) is 6.07 Å². The summed E-state index contributed by atoms with van der Waals surface area (Å²) in [6.07, 6.45) is 0. The van der Waals surface area contributed by atoms with Crippen molar-refractivity contribution in [2.24, 2.45) is 0 Å². The molecule has 0 saturated heterocycles. The van der Waals surface area contributed by atoms with E-state index in [-0.39, 0.29) is 5.88 Å². The van der Waals surface area contributed by atoms with Gasteiger partial charge in [-0.1, -0.05) is 33.6 Å². The van der Waals surface area contributed by atoms with Crippen LogP contribution in [0.5, 0.6) is 0 Å². The smallest absolute Gasteiger partial charge is 0.129 e. The third-order valence-electron chi connectivity index (χ3n) is 3.15. The van der Waals surface area contributed by atoms with Gasteiger partial charge >= 0.3 is 0 Å². The first-order valence-electron chi connectivity index (χ1n) is 6.07. The largest absolute Gasteiger partial charge is 0.294 e. The Morgan fingerprint density at radius 3 is 2.76 bits per heavy atom. The number of nitriles is 1. The van der Waals surface area contributed by atoms with Gasteiger partial charge in [-0.2, -0.15) is 5.26 Å². The van der Waals surface area contributed by atoms with Gasteiger partial charge in [0.25, 0.3) is 0 Å². The second-order valence-electron chi connectivity index (χ2n) is 4.38. The molecule has 3 aromatic rings. The van der Waals surface area contributed by atoms with Crippen molar-refractivity contribution in [2.75, 3.05) is 0 Å². The number of aromatic nitrogens is 2. The van der Waals surface area contributed by atoms with Crippen molar-refractivity contribution in [3.8, 4) is 11.8 Å². The fourth-order valence-corrected chi connectivity index (χ4v) is 3.20. The number of hydrogen-bond acceptors (Lipinski definition) is 2. The summed E-state index contributed by atoms with van der Waals surface area (Å²) < 4.78 is 2.78. The van der Waals surface area contributed by atoms with Crippen LogP contribution < -0.4 is 0 Å². The molecule has 0 fully saturated rings. The highest BCUT2D eigenvalue weighted by atomic mass is 79.9. The summed E-state index contributed by atoms with van der Waals surface area (Å²) in [5.74, 6) is 0.880.